The molecule has 0 aromatic heterocycles. The maximum atomic E-state index is 12.7. The second kappa shape index (κ2) is 8.55. The first kappa shape index (κ1) is 20.9. The van der Waals surface area contributed by atoms with Crippen LogP contribution in [0.15, 0.2) is 23.1 Å². The first-order valence-electron chi connectivity index (χ1n) is 8.59. The summed E-state index contributed by atoms with van der Waals surface area (Å²) in [5, 5.41) is 0. The second-order valence-corrected chi connectivity index (χ2v) is 10.1. The smallest absolute Gasteiger partial charge is 0.244 e. The van der Waals surface area contributed by atoms with Crippen LogP contribution in [0.25, 0.3) is 0 Å². The molecule has 0 spiro atoms. The van der Waals surface area contributed by atoms with E-state index in [1.54, 1.807) is 13.0 Å². The summed E-state index contributed by atoms with van der Waals surface area (Å²) < 4.78 is 59.4. The van der Waals surface area contributed by atoms with Gasteiger partial charge in [0, 0.05) is 19.6 Å². The van der Waals surface area contributed by atoms with Gasteiger partial charge in [-0.2, -0.15) is 0 Å². The van der Waals surface area contributed by atoms with Gasteiger partial charge in [0.05, 0.1) is 18.0 Å². The fraction of sp³-hybridized carbons (Fsp3) is 0.625. The first-order chi connectivity index (χ1) is 12.2. The number of hydrogen-bond acceptors (Lipinski definition) is 6. The van der Waals surface area contributed by atoms with Crippen molar-refractivity contribution in [2.75, 3.05) is 50.4 Å². The summed E-state index contributed by atoms with van der Waals surface area (Å²) in [6.07, 6.45) is 1.36. The first-order valence-corrected chi connectivity index (χ1v) is 11.7. The topological polar surface area (TPSA) is 96.0 Å². The minimum atomic E-state index is -3.83. The van der Waals surface area contributed by atoms with E-state index >= 15 is 0 Å². The van der Waals surface area contributed by atoms with Crippen LogP contribution >= 0.6 is 0 Å². The third-order valence-electron chi connectivity index (χ3n) is 4.01. The van der Waals surface area contributed by atoms with E-state index in [9.17, 15) is 16.8 Å². The van der Waals surface area contributed by atoms with Crippen LogP contribution in [0.4, 0.5) is 5.69 Å². The molecule has 1 aromatic carbocycles. The van der Waals surface area contributed by atoms with Crippen molar-refractivity contribution in [2.45, 2.75) is 24.7 Å². The zero-order valence-corrected chi connectivity index (χ0v) is 17.1. The molecule has 2 rings (SSSR count). The molecule has 1 saturated heterocycles. The predicted molar refractivity (Wildman–Crippen MR) is 102 cm³/mol. The van der Waals surface area contributed by atoms with Crippen LogP contribution in [0.2, 0.25) is 0 Å². The fourth-order valence-electron chi connectivity index (χ4n) is 2.70. The maximum Gasteiger partial charge on any atom is 0.244 e. The Bertz CT molecular complexity index is 822. The molecule has 1 fully saturated rings. The summed E-state index contributed by atoms with van der Waals surface area (Å²) in [5.74, 6) is 0.284. The molecule has 1 aliphatic rings. The van der Waals surface area contributed by atoms with Crippen LogP contribution in [0.1, 0.15) is 19.8 Å². The lowest BCUT2D eigenvalue weighted by Gasteiger charge is -2.28. The molecule has 0 aliphatic carbocycles. The van der Waals surface area contributed by atoms with E-state index in [1.165, 1.54) is 16.4 Å². The number of nitrogens with one attached hydrogen (secondary N) is 1. The number of ether oxygens (including phenoxy) is 1. The highest BCUT2D eigenvalue weighted by Crippen LogP contribution is 2.31. The molecular weight excluding hydrogens is 378 g/mol. The Hall–Kier alpha value is -1.36. The number of rotatable bonds is 8. The van der Waals surface area contributed by atoms with E-state index in [0.29, 0.717) is 31.8 Å². The Morgan fingerprint density at radius 2 is 2.00 bits per heavy atom. The number of hydrogen-bond donors (Lipinski definition) is 1. The van der Waals surface area contributed by atoms with Gasteiger partial charge in [0.1, 0.15) is 10.6 Å². The normalized spacial score (nSPS) is 17.5. The lowest BCUT2D eigenvalue weighted by Crippen LogP contribution is -2.38. The second-order valence-electron chi connectivity index (χ2n) is 6.36. The van der Waals surface area contributed by atoms with Crippen LogP contribution in [-0.2, 0) is 20.0 Å². The molecule has 1 aliphatic heterocycles. The zero-order valence-electron chi connectivity index (χ0n) is 15.4. The van der Waals surface area contributed by atoms with Crippen LogP contribution < -0.4 is 13.8 Å². The Kier molecular flexibility index (Phi) is 6.89. The number of sulfonamides is 2. The van der Waals surface area contributed by atoms with Gasteiger partial charge in [-0.25, -0.2) is 21.6 Å². The highest BCUT2D eigenvalue weighted by Gasteiger charge is 2.28. The third-order valence-corrected chi connectivity index (χ3v) is 7.36. The van der Waals surface area contributed by atoms with Gasteiger partial charge in [0.25, 0.3) is 0 Å². The molecule has 26 heavy (non-hydrogen) atoms. The molecule has 0 amide bonds. The molecule has 1 aromatic rings. The molecule has 1 N–H and O–H groups in total. The molecule has 0 unspecified atom stereocenters. The Balaban J connectivity index is 2.39. The highest BCUT2D eigenvalue weighted by atomic mass is 32.2. The summed E-state index contributed by atoms with van der Waals surface area (Å²) in [4.78, 5) is 1.82. The minimum absolute atomic E-state index is 0.0450. The number of anilines is 1. The summed E-state index contributed by atoms with van der Waals surface area (Å²) in [5.41, 5.74) is 0.348. The van der Waals surface area contributed by atoms with Gasteiger partial charge in [-0.1, -0.05) is 0 Å². The Morgan fingerprint density at radius 1 is 1.27 bits per heavy atom. The van der Waals surface area contributed by atoms with Gasteiger partial charge >= 0.3 is 0 Å². The molecule has 10 heteroatoms. The molecule has 148 valence electrons. The van der Waals surface area contributed by atoms with Crippen molar-refractivity contribution in [3.63, 3.8) is 0 Å². The average molecular weight is 406 g/mol. The van der Waals surface area contributed by atoms with Gasteiger partial charge < -0.3 is 9.64 Å². The summed E-state index contributed by atoms with van der Waals surface area (Å²) in [6, 6.07) is 4.49. The van der Waals surface area contributed by atoms with Gasteiger partial charge in [0.2, 0.25) is 20.0 Å². The van der Waals surface area contributed by atoms with E-state index in [4.69, 9.17) is 4.74 Å². The van der Waals surface area contributed by atoms with Crippen LogP contribution in [0.3, 0.4) is 0 Å². The van der Waals surface area contributed by atoms with Crippen molar-refractivity contribution in [1.82, 2.24) is 9.62 Å². The fourth-order valence-corrected chi connectivity index (χ4v) is 5.51. The van der Waals surface area contributed by atoms with E-state index < -0.39 is 20.0 Å². The molecular formula is C16H27N3O5S2. The summed E-state index contributed by atoms with van der Waals surface area (Å²) in [6.45, 7) is 3.21. The Labute approximate surface area is 156 Å². The molecule has 0 radical (unpaired) electrons. The lowest BCUT2D eigenvalue weighted by molar-refractivity contribution is 0.331. The van der Waals surface area contributed by atoms with Gasteiger partial charge in [0.15, 0.2) is 0 Å². The summed E-state index contributed by atoms with van der Waals surface area (Å²) >= 11 is 0. The van der Waals surface area contributed by atoms with Crippen molar-refractivity contribution in [3.8, 4) is 5.75 Å². The zero-order chi connectivity index (χ0) is 19.4. The third kappa shape index (κ3) is 5.09. The molecule has 1 heterocycles. The molecule has 0 atom stereocenters. The maximum absolute atomic E-state index is 12.7. The van der Waals surface area contributed by atoms with Crippen molar-refractivity contribution in [1.29, 1.82) is 0 Å². The monoisotopic (exact) mass is 405 g/mol. The van der Waals surface area contributed by atoms with E-state index in [0.717, 1.165) is 6.42 Å². The van der Waals surface area contributed by atoms with E-state index in [-0.39, 0.29) is 22.9 Å². The number of benzene rings is 1. The van der Waals surface area contributed by atoms with Crippen LogP contribution in [0.5, 0.6) is 5.75 Å². The van der Waals surface area contributed by atoms with E-state index in [2.05, 4.69) is 4.72 Å². The average Bonchev–Trinajstić information content (AvgIpc) is 2.54. The molecule has 0 saturated carbocycles. The lowest BCUT2D eigenvalue weighted by atomic mass is 10.2. The van der Waals surface area contributed by atoms with Crippen LogP contribution in [0, 0.1) is 0 Å². The Morgan fingerprint density at radius 3 is 2.62 bits per heavy atom. The standard InChI is InChI=1S/C16H27N3O5S2/c1-4-24-15-8-7-14(19-10-5-6-12-25(19,20)21)13-16(15)26(22,23)17-9-11-18(2)3/h7-8,13,17H,4-6,9-12H2,1-3H3. The molecule has 0 bridgehead atoms. The predicted octanol–water partition coefficient (Wildman–Crippen LogP) is 0.855. The van der Waals surface area contributed by atoms with Crippen molar-refractivity contribution in [2.24, 2.45) is 0 Å². The van der Waals surface area contributed by atoms with Crippen LogP contribution in [-0.4, -0.2) is 67.8 Å². The van der Waals surface area contributed by atoms with Gasteiger partial charge in [-0.3, -0.25) is 4.31 Å². The molecule has 8 nitrogen and oxygen atoms in total. The quantitative estimate of drug-likeness (QED) is 0.689. The SMILES string of the molecule is CCOc1ccc(N2CCCCS2(=O)=O)cc1S(=O)(=O)NCCN(C)C. The van der Waals surface area contributed by atoms with Gasteiger partial charge in [-0.05, 0) is 52.1 Å². The van der Waals surface area contributed by atoms with E-state index in [1.807, 2.05) is 19.0 Å². The summed E-state index contributed by atoms with van der Waals surface area (Å²) in [7, 11) is -3.55. The van der Waals surface area contributed by atoms with Crippen molar-refractivity contribution >= 4 is 25.7 Å². The largest absolute Gasteiger partial charge is 0.492 e. The van der Waals surface area contributed by atoms with Crippen molar-refractivity contribution in [3.05, 3.63) is 18.2 Å². The van der Waals surface area contributed by atoms with Crippen molar-refractivity contribution < 1.29 is 21.6 Å². The highest BCUT2D eigenvalue weighted by molar-refractivity contribution is 7.92. The number of nitrogens with zero attached hydrogens (tertiary/aromatic N) is 2. The van der Waals surface area contributed by atoms with Gasteiger partial charge in [-0.15, -0.1) is 0 Å². The minimum Gasteiger partial charge on any atom is -0.492 e. The number of likely N-dealkylation sites (N-methyl/N-ethyl adjacent to an activating group) is 1.